The highest BCUT2D eigenvalue weighted by molar-refractivity contribution is 9.10. The lowest BCUT2D eigenvalue weighted by molar-refractivity contribution is -0.115. The van der Waals surface area contributed by atoms with E-state index in [2.05, 4.69) is 26.6 Å². The monoisotopic (exact) mass is 420 g/mol. The van der Waals surface area contributed by atoms with Crippen LogP contribution in [0.4, 0.5) is 9.18 Å². The predicted molar refractivity (Wildman–Crippen MR) is 96.1 cm³/mol. The van der Waals surface area contributed by atoms with Gasteiger partial charge >= 0.3 is 6.03 Å². The summed E-state index contributed by atoms with van der Waals surface area (Å²) in [5.74, 6) is -0.0542. The number of halogens is 2. The van der Waals surface area contributed by atoms with Gasteiger partial charge in [0.2, 0.25) is 0 Å². The van der Waals surface area contributed by atoms with E-state index in [1.165, 1.54) is 19.3 Å². The minimum Gasteiger partial charge on any atom is -0.493 e. The quantitative estimate of drug-likeness (QED) is 0.574. The fourth-order valence-electron chi connectivity index (χ4n) is 2.34. The topological polar surface area (TPSA) is 76.7 Å². The van der Waals surface area contributed by atoms with Crippen LogP contribution >= 0.6 is 15.9 Å². The van der Waals surface area contributed by atoms with Gasteiger partial charge in [-0.3, -0.25) is 10.1 Å². The lowest BCUT2D eigenvalue weighted by Gasteiger charge is -2.13. The van der Waals surface area contributed by atoms with Crippen molar-refractivity contribution in [1.82, 2.24) is 10.6 Å². The minimum absolute atomic E-state index is 0.0361. The summed E-state index contributed by atoms with van der Waals surface area (Å²) < 4.78 is 25.3. The molecule has 0 atom stereocenters. The van der Waals surface area contributed by atoms with Crippen molar-refractivity contribution in [1.29, 1.82) is 0 Å². The summed E-state index contributed by atoms with van der Waals surface area (Å²) >= 11 is 3.39. The molecule has 6 nitrogen and oxygen atoms in total. The van der Waals surface area contributed by atoms with Crippen molar-refractivity contribution >= 4 is 33.9 Å². The van der Waals surface area contributed by atoms with E-state index in [-0.39, 0.29) is 18.1 Å². The summed E-state index contributed by atoms with van der Waals surface area (Å²) in [6.07, 6.45) is 1.51. The number of imide groups is 1. The number of benzene rings is 2. The molecule has 134 valence electrons. The first kappa shape index (κ1) is 17.9. The Kier molecular flexibility index (Phi) is 5.22. The van der Waals surface area contributed by atoms with E-state index in [1.54, 1.807) is 30.3 Å². The van der Waals surface area contributed by atoms with Gasteiger partial charge in [-0.2, -0.15) is 0 Å². The maximum absolute atomic E-state index is 13.7. The Morgan fingerprint density at radius 2 is 1.92 bits per heavy atom. The largest absolute Gasteiger partial charge is 0.493 e. The summed E-state index contributed by atoms with van der Waals surface area (Å²) in [6.45, 7) is 0.0361. The normalized spacial score (nSPS) is 15.0. The number of rotatable bonds is 5. The Bertz CT molecular complexity index is 914. The SMILES string of the molecule is COc1cc(C=C2NC(=O)NC2=O)c(Br)cc1OCc1ccccc1F. The number of methoxy groups -OCH3 is 1. The summed E-state index contributed by atoms with van der Waals surface area (Å²) in [6, 6.07) is 9.06. The molecule has 1 aliphatic heterocycles. The van der Waals surface area contributed by atoms with Crippen LogP contribution in [0.25, 0.3) is 6.08 Å². The molecule has 26 heavy (non-hydrogen) atoms. The van der Waals surface area contributed by atoms with Crippen molar-refractivity contribution in [3.8, 4) is 11.5 Å². The molecular formula is C18H14BrFN2O4. The van der Waals surface area contributed by atoms with E-state index >= 15 is 0 Å². The molecular weight excluding hydrogens is 407 g/mol. The molecule has 1 saturated heterocycles. The number of hydrogen-bond acceptors (Lipinski definition) is 4. The van der Waals surface area contributed by atoms with E-state index in [1.807, 2.05) is 0 Å². The number of nitrogens with one attached hydrogen (secondary N) is 2. The molecule has 3 amide bonds. The molecule has 2 aromatic rings. The lowest BCUT2D eigenvalue weighted by Crippen LogP contribution is -2.22. The second kappa shape index (κ2) is 7.57. The Morgan fingerprint density at radius 3 is 2.58 bits per heavy atom. The molecule has 2 aromatic carbocycles. The zero-order valence-electron chi connectivity index (χ0n) is 13.6. The maximum Gasteiger partial charge on any atom is 0.326 e. The van der Waals surface area contributed by atoms with Crippen molar-refractivity contribution in [2.45, 2.75) is 6.61 Å². The molecule has 0 radical (unpaired) electrons. The van der Waals surface area contributed by atoms with Crippen LogP contribution in [0.1, 0.15) is 11.1 Å². The van der Waals surface area contributed by atoms with Crippen molar-refractivity contribution < 1.29 is 23.5 Å². The van der Waals surface area contributed by atoms with Crippen molar-refractivity contribution in [3.05, 3.63) is 63.5 Å². The van der Waals surface area contributed by atoms with Gasteiger partial charge in [-0.15, -0.1) is 0 Å². The first-order valence-electron chi connectivity index (χ1n) is 7.55. The van der Waals surface area contributed by atoms with Gasteiger partial charge < -0.3 is 14.8 Å². The zero-order valence-corrected chi connectivity index (χ0v) is 15.2. The number of ether oxygens (including phenoxy) is 2. The van der Waals surface area contributed by atoms with Gasteiger partial charge in [-0.1, -0.05) is 34.1 Å². The molecule has 1 heterocycles. The van der Waals surface area contributed by atoms with E-state index in [0.29, 0.717) is 27.1 Å². The molecule has 1 aliphatic rings. The highest BCUT2D eigenvalue weighted by Gasteiger charge is 2.23. The first-order chi connectivity index (χ1) is 12.5. The van der Waals surface area contributed by atoms with Gasteiger partial charge in [0.15, 0.2) is 11.5 Å². The number of urea groups is 1. The molecule has 8 heteroatoms. The molecule has 1 fully saturated rings. The first-order valence-corrected chi connectivity index (χ1v) is 8.35. The Labute approximate surface area is 157 Å². The number of amides is 3. The number of carbonyl (C=O) groups is 2. The third-order valence-corrected chi connectivity index (χ3v) is 4.33. The highest BCUT2D eigenvalue weighted by Crippen LogP contribution is 2.35. The van der Waals surface area contributed by atoms with Gasteiger partial charge in [0.25, 0.3) is 5.91 Å². The van der Waals surface area contributed by atoms with Crippen LogP contribution in [-0.4, -0.2) is 19.0 Å². The molecule has 0 aromatic heterocycles. The highest BCUT2D eigenvalue weighted by atomic mass is 79.9. The standard InChI is InChI=1S/C18H14BrFN2O4/c1-25-15-7-11(6-14-17(23)22-18(24)21-14)12(19)8-16(15)26-9-10-4-2-3-5-13(10)20/h2-8H,9H2,1H3,(H2,21,22,23,24). The average molecular weight is 421 g/mol. The third-order valence-electron chi connectivity index (χ3n) is 3.64. The molecule has 3 rings (SSSR count). The zero-order chi connectivity index (χ0) is 18.7. The van der Waals surface area contributed by atoms with Crippen LogP contribution in [0.3, 0.4) is 0 Å². The van der Waals surface area contributed by atoms with Crippen LogP contribution in [0, 0.1) is 5.82 Å². The Morgan fingerprint density at radius 1 is 1.15 bits per heavy atom. The lowest BCUT2D eigenvalue weighted by atomic mass is 10.1. The Balaban J connectivity index is 1.85. The van der Waals surface area contributed by atoms with Crippen LogP contribution in [-0.2, 0) is 11.4 Å². The predicted octanol–water partition coefficient (Wildman–Crippen LogP) is 3.36. The fraction of sp³-hybridized carbons (Fsp3) is 0.111. The summed E-state index contributed by atoms with van der Waals surface area (Å²) in [5, 5.41) is 4.54. The third kappa shape index (κ3) is 3.85. The van der Waals surface area contributed by atoms with Crippen LogP contribution in [0.5, 0.6) is 11.5 Å². The molecule has 2 N–H and O–H groups in total. The van der Waals surface area contributed by atoms with Gasteiger partial charge in [0.05, 0.1) is 7.11 Å². The van der Waals surface area contributed by atoms with E-state index in [4.69, 9.17) is 9.47 Å². The van der Waals surface area contributed by atoms with Crippen LogP contribution < -0.4 is 20.1 Å². The van der Waals surface area contributed by atoms with Crippen LogP contribution in [0.15, 0.2) is 46.6 Å². The van der Waals surface area contributed by atoms with Gasteiger partial charge in [-0.05, 0) is 29.8 Å². The smallest absolute Gasteiger partial charge is 0.326 e. The second-order valence-corrected chi connectivity index (χ2v) is 6.23. The fourth-order valence-corrected chi connectivity index (χ4v) is 2.78. The summed E-state index contributed by atoms with van der Waals surface area (Å²) in [7, 11) is 1.47. The van der Waals surface area contributed by atoms with E-state index < -0.39 is 11.9 Å². The number of hydrogen-bond donors (Lipinski definition) is 2. The molecule has 0 bridgehead atoms. The van der Waals surface area contributed by atoms with Crippen molar-refractivity contribution in [2.24, 2.45) is 0 Å². The molecule has 0 aliphatic carbocycles. The van der Waals surface area contributed by atoms with Crippen molar-refractivity contribution in [2.75, 3.05) is 7.11 Å². The van der Waals surface area contributed by atoms with Crippen molar-refractivity contribution in [3.63, 3.8) is 0 Å². The molecule has 0 saturated carbocycles. The molecule has 0 unspecified atom stereocenters. The van der Waals surface area contributed by atoms with Gasteiger partial charge in [0, 0.05) is 10.0 Å². The number of carbonyl (C=O) groups excluding carboxylic acids is 2. The average Bonchev–Trinajstić information content (AvgIpc) is 2.93. The maximum atomic E-state index is 13.7. The van der Waals surface area contributed by atoms with Gasteiger partial charge in [0.1, 0.15) is 18.1 Å². The second-order valence-electron chi connectivity index (χ2n) is 5.37. The van der Waals surface area contributed by atoms with Crippen LogP contribution in [0.2, 0.25) is 0 Å². The summed E-state index contributed by atoms with van der Waals surface area (Å²) in [5.41, 5.74) is 1.15. The van der Waals surface area contributed by atoms with E-state index in [9.17, 15) is 14.0 Å². The molecule has 0 spiro atoms. The minimum atomic E-state index is -0.575. The summed E-state index contributed by atoms with van der Waals surface area (Å²) in [4.78, 5) is 22.8. The Hall–Kier alpha value is -2.87. The van der Waals surface area contributed by atoms with E-state index in [0.717, 1.165) is 0 Å². The van der Waals surface area contributed by atoms with Gasteiger partial charge in [-0.25, -0.2) is 9.18 Å².